The molecular weight excluding hydrogens is 340 g/mol. The van der Waals surface area contributed by atoms with E-state index in [1.807, 2.05) is 6.07 Å². The third-order valence-electron chi connectivity index (χ3n) is 3.51. The normalized spacial score (nSPS) is 10.2. The minimum Gasteiger partial charge on any atom is -0.423 e. The van der Waals surface area contributed by atoms with Crippen molar-refractivity contribution in [1.29, 1.82) is 0 Å². The molecule has 0 saturated heterocycles. The predicted molar refractivity (Wildman–Crippen MR) is 92.2 cm³/mol. The smallest absolute Gasteiger partial charge is 0.346 e. The molecule has 0 spiro atoms. The fourth-order valence-electron chi connectivity index (χ4n) is 2.22. The number of nitrogens with one attached hydrogen (secondary N) is 1. The second-order valence-electron chi connectivity index (χ2n) is 5.36. The van der Waals surface area contributed by atoms with Crippen molar-refractivity contribution in [3.8, 4) is 5.75 Å². The summed E-state index contributed by atoms with van der Waals surface area (Å²) in [7, 11) is 0. The summed E-state index contributed by atoms with van der Waals surface area (Å²) in [4.78, 5) is 24.0. The number of amides is 1. The lowest BCUT2D eigenvalue weighted by molar-refractivity contribution is 0.0729. The van der Waals surface area contributed by atoms with Gasteiger partial charge >= 0.3 is 5.97 Å². The van der Waals surface area contributed by atoms with Crippen LogP contribution in [0, 0.1) is 11.6 Å². The first kappa shape index (κ1) is 17.3. The second-order valence-corrected chi connectivity index (χ2v) is 5.36. The van der Waals surface area contributed by atoms with Crippen LogP contribution >= 0.6 is 0 Å². The van der Waals surface area contributed by atoms with E-state index in [1.165, 1.54) is 12.1 Å². The van der Waals surface area contributed by atoms with Crippen LogP contribution in [-0.4, -0.2) is 11.9 Å². The number of ether oxygens (including phenoxy) is 1. The molecule has 0 fully saturated rings. The van der Waals surface area contributed by atoms with Gasteiger partial charge in [0.15, 0.2) is 0 Å². The van der Waals surface area contributed by atoms with E-state index in [1.54, 1.807) is 36.4 Å². The maximum Gasteiger partial charge on any atom is 0.346 e. The molecule has 0 atom stereocenters. The third kappa shape index (κ3) is 4.10. The van der Waals surface area contributed by atoms with Gasteiger partial charge in [0.1, 0.15) is 17.4 Å². The minimum absolute atomic E-state index is 0.163. The monoisotopic (exact) mass is 353 g/mol. The number of carbonyl (C=O) groups is 2. The first-order chi connectivity index (χ1) is 12.5. The highest BCUT2D eigenvalue weighted by atomic mass is 19.1. The van der Waals surface area contributed by atoms with Crippen LogP contribution in [0.3, 0.4) is 0 Å². The molecule has 3 aromatic carbocycles. The van der Waals surface area contributed by atoms with Crippen molar-refractivity contribution in [3.05, 3.63) is 95.6 Å². The van der Waals surface area contributed by atoms with Crippen LogP contribution in [-0.2, 0) is 0 Å². The predicted octanol–water partition coefficient (Wildman–Crippen LogP) is 4.44. The Morgan fingerprint density at radius 2 is 1.54 bits per heavy atom. The molecule has 0 aliphatic rings. The molecule has 0 aliphatic carbocycles. The van der Waals surface area contributed by atoms with Crippen LogP contribution in [0.5, 0.6) is 5.75 Å². The summed E-state index contributed by atoms with van der Waals surface area (Å²) >= 11 is 0. The third-order valence-corrected chi connectivity index (χ3v) is 3.51. The molecule has 3 rings (SSSR count). The lowest BCUT2D eigenvalue weighted by atomic mass is 10.2. The first-order valence-corrected chi connectivity index (χ1v) is 7.66. The van der Waals surface area contributed by atoms with Crippen LogP contribution in [0.15, 0.2) is 72.8 Å². The summed E-state index contributed by atoms with van der Waals surface area (Å²) in [6.07, 6.45) is 0. The standard InChI is InChI=1S/C20H13F2NO3/c21-14-6-11-17(18(22)12-14)20(25)26-16-9-7-15(8-10-16)23-19(24)13-4-2-1-3-5-13/h1-12H,(H,23,24). The molecule has 6 heteroatoms. The fourth-order valence-corrected chi connectivity index (χ4v) is 2.22. The lowest BCUT2D eigenvalue weighted by Crippen LogP contribution is -2.12. The Bertz CT molecular complexity index is 941. The van der Waals surface area contributed by atoms with Crippen molar-refractivity contribution in [3.63, 3.8) is 0 Å². The quantitative estimate of drug-likeness (QED) is 0.557. The van der Waals surface area contributed by atoms with Crippen LogP contribution in [0.4, 0.5) is 14.5 Å². The number of hydrogen-bond donors (Lipinski definition) is 1. The van der Waals surface area contributed by atoms with Crippen LogP contribution in [0.25, 0.3) is 0 Å². The molecule has 26 heavy (non-hydrogen) atoms. The summed E-state index contributed by atoms with van der Waals surface area (Å²) < 4.78 is 31.5. The average molecular weight is 353 g/mol. The Hall–Kier alpha value is -3.54. The molecule has 0 saturated carbocycles. The number of benzene rings is 3. The zero-order valence-electron chi connectivity index (χ0n) is 13.4. The van der Waals surface area contributed by atoms with Gasteiger partial charge in [-0.1, -0.05) is 18.2 Å². The summed E-state index contributed by atoms with van der Waals surface area (Å²) in [6, 6.07) is 17.3. The van der Waals surface area contributed by atoms with Gasteiger partial charge in [-0.3, -0.25) is 4.79 Å². The Morgan fingerprint density at radius 1 is 0.846 bits per heavy atom. The SMILES string of the molecule is O=C(Nc1ccc(OC(=O)c2ccc(F)cc2F)cc1)c1ccccc1. The van der Waals surface area contributed by atoms with E-state index in [0.29, 0.717) is 17.3 Å². The summed E-state index contributed by atoms with van der Waals surface area (Å²) in [5.74, 6) is -2.83. The molecule has 1 N–H and O–H groups in total. The van der Waals surface area contributed by atoms with Gasteiger partial charge in [-0.15, -0.1) is 0 Å². The van der Waals surface area contributed by atoms with Crippen LogP contribution in [0.2, 0.25) is 0 Å². The maximum atomic E-state index is 13.6. The van der Waals surface area contributed by atoms with Gasteiger partial charge < -0.3 is 10.1 Å². The minimum atomic E-state index is -0.998. The fraction of sp³-hybridized carbons (Fsp3) is 0. The number of carbonyl (C=O) groups excluding carboxylic acids is 2. The van der Waals surface area contributed by atoms with Crippen LogP contribution in [0.1, 0.15) is 20.7 Å². The largest absolute Gasteiger partial charge is 0.423 e. The van der Waals surface area contributed by atoms with Gasteiger partial charge in [-0.05, 0) is 48.5 Å². The van der Waals surface area contributed by atoms with E-state index in [0.717, 1.165) is 12.1 Å². The van der Waals surface area contributed by atoms with E-state index in [4.69, 9.17) is 4.74 Å². The van der Waals surface area contributed by atoms with E-state index < -0.39 is 17.6 Å². The van der Waals surface area contributed by atoms with Gasteiger partial charge in [0.05, 0.1) is 5.56 Å². The van der Waals surface area contributed by atoms with Gasteiger partial charge in [0.2, 0.25) is 0 Å². The molecular formula is C20H13F2NO3. The molecule has 3 aromatic rings. The van der Waals surface area contributed by atoms with E-state index in [-0.39, 0.29) is 17.2 Å². The Kier molecular flexibility index (Phi) is 5.03. The molecule has 0 aromatic heterocycles. The van der Waals surface area contributed by atoms with Gasteiger partial charge in [-0.25, -0.2) is 13.6 Å². The molecule has 0 heterocycles. The summed E-state index contributed by atoms with van der Waals surface area (Å²) in [6.45, 7) is 0. The zero-order chi connectivity index (χ0) is 18.5. The molecule has 1 amide bonds. The molecule has 4 nitrogen and oxygen atoms in total. The molecule has 0 aliphatic heterocycles. The van der Waals surface area contributed by atoms with E-state index in [9.17, 15) is 18.4 Å². The Labute approximate surface area is 148 Å². The second kappa shape index (κ2) is 7.57. The van der Waals surface area contributed by atoms with Crippen molar-refractivity contribution in [2.24, 2.45) is 0 Å². The number of halogens is 2. The van der Waals surface area contributed by atoms with Crippen molar-refractivity contribution < 1.29 is 23.1 Å². The topological polar surface area (TPSA) is 55.4 Å². The summed E-state index contributed by atoms with van der Waals surface area (Å²) in [5, 5.41) is 2.70. The van der Waals surface area contributed by atoms with Crippen molar-refractivity contribution in [2.75, 3.05) is 5.32 Å². The lowest BCUT2D eigenvalue weighted by Gasteiger charge is -2.08. The number of esters is 1. The number of hydrogen-bond acceptors (Lipinski definition) is 3. The summed E-state index contributed by atoms with van der Waals surface area (Å²) in [5.41, 5.74) is 0.647. The first-order valence-electron chi connectivity index (χ1n) is 7.66. The highest BCUT2D eigenvalue weighted by Crippen LogP contribution is 2.19. The van der Waals surface area contributed by atoms with E-state index in [2.05, 4.69) is 5.32 Å². The van der Waals surface area contributed by atoms with Crippen molar-refractivity contribution in [2.45, 2.75) is 0 Å². The van der Waals surface area contributed by atoms with Crippen molar-refractivity contribution >= 4 is 17.6 Å². The van der Waals surface area contributed by atoms with Crippen molar-refractivity contribution in [1.82, 2.24) is 0 Å². The molecule has 0 bridgehead atoms. The highest BCUT2D eigenvalue weighted by Gasteiger charge is 2.15. The number of anilines is 1. The number of rotatable bonds is 4. The zero-order valence-corrected chi connectivity index (χ0v) is 13.4. The highest BCUT2D eigenvalue weighted by molar-refractivity contribution is 6.04. The van der Waals surface area contributed by atoms with Crippen LogP contribution < -0.4 is 10.1 Å². The average Bonchev–Trinajstić information content (AvgIpc) is 2.64. The molecule has 0 unspecified atom stereocenters. The molecule has 0 radical (unpaired) electrons. The molecule has 130 valence electrons. The Balaban J connectivity index is 1.66. The van der Waals surface area contributed by atoms with Gasteiger partial charge in [0.25, 0.3) is 5.91 Å². The Morgan fingerprint density at radius 3 is 2.19 bits per heavy atom. The van der Waals surface area contributed by atoms with Gasteiger partial charge in [0, 0.05) is 17.3 Å². The van der Waals surface area contributed by atoms with Gasteiger partial charge in [-0.2, -0.15) is 0 Å². The van der Waals surface area contributed by atoms with E-state index >= 15 is 0 Å². The maximum absolute atomic E-state index is 13.6.